The first kappa shape index (κ1) is 23.4. The van der Waals surface area contributed by atoms with Crippen molar-refractivity contribution >= 4 is 10.9 Å². The summed E-state index contributed by atoms with van der Waals surface area (Å²) in [6.07, 6.45) is 0. The Hall–Kier alpha value is -0.300. The number of halogens is 3. The molecule has 9 heavy (non-hydrogen) atoms. The lowest BCUT2D eigenvalue weighted by molar-refractivity contribution is 0.544. The zero-order valence-electron chi connectivity index (χ0n) is 4.94. The molecule has 0 rings (SSSR count). The third-order valence-electron chi connectivity index (χ3n) is 0.327. The summed E-state index contributed by atoms with van der Waals surface area (Å²) in [6, 6.07) is 0. The lowest BCUT2D eigenvalue weighted by Gasteiger charge is -1.91. The summed E-state index contributed by atoms with van der Waals surface area (Å²) < 4.78 is 20.4. The van der Waals surface area contributed by atoms with Gasteiger partial charge < -0.3 is 0 Å². The molecule has 3 nitrogen and oxygen atoms in total. The van der Waals surface area contributed by atoms with Gasteiger partial charge in [0.2, 0.25) is 10.9 Å². The van der Waals surface area contributed by atoms with Gasteiger partial charge in [-0.3, -0.25) is 14.1 Å². The zero-order valence-corrected chi connectivity index (χ0v) is 5.83. The van der Waals surface area contributed by atoms with Gasteiger partial charge in [0, 0.05) is 14.1 Å². The molecule has 0 spiro atoms. The molecule has 0 saturated carbocycles. The number of thiol groups is 1. The van der Waals surface area contributed by atoms with Crippen molar-refractivity contribution in [1.82, 2.24) is 4.31 Å². The third-order valence-corrected chi connectivity index (χ3v) is 0.980. The number of hydrogen-bond acceptors (Lipinski definition) is 2. The van der Waals surface area contributed by atoms with Crippen molar-refractivity contribution < 1.29 is 22.5 Å². The topological polar surface area (TPSA) is 37.4 Å². The van der Waals surface area contributed by atoms with Crippen LogP contribution in [0.5, 0.6) is 0 Å². The van der Waals surface area contributed by atoms with Crippen molar-refractivity contribution in [2.45, 2.75) is 0 Å². The predicted molar refractivity (Wildman–Crippen MR) is 31.5 cm³/mol. The molecule has 0 fully saturated rings. The minimum Gasteiger partial charge on any atom is -0.269 e. The Kier molecular flexibility index (Phi) is 27.6. The molecular weight excluding hydrogens is 159 g/mol. The van der Waals surface area contributed by atoms with Gasteiger partial charge in [0.1, 0.15) is 0 Å². The summed E-state index contributed by atoms with van der Waals surface area (Å²) in [6.45, 7) is 0. The lowest BCUT2D eigenvalue weighted by Crippen LogP contribution is -2.06. The Morgan fingerprint density at radius 2 is 1.11 bits per heavy atom. The van der Waals surface area contributed by atoms with Crippen LogP contribution in [0.2, 0.25) is 0 Å². The molecule has 0 aliphatic carbocycles. The van der Waals surface area contributed by atoms with Gasteiger partial charge in [-0.05, 0) is 0 Å². The smallest absolute Gasteiger partial charge is 0.203 e. The van der Waals surface area contributed by atoms with E-state index in [1.54, 1.807) is 0 Å². The molecule has 0 radical (unpaired) electrons. The first-order chi connectivity index (χ1) is 2.64. The maximum atomic E-state index is 9.66. The normalized spacial score (nSPS) is 7.11. The van der Waals surface area contributed by atoms with Gasteiger partial charge in [0.05, 0.1) is 0 Å². The molecule has 0 aliphatic heterocycles. The Balaban J connectivity index is -0.0000000417. The minimum atomic E-state index is -2.33. The van der Waals surface area contributed by atoms with E-state index in [1.807, 2.05) is 0 Å². The minimum absolute atomic E-state index is 0. The molecule has 0 amide bonds. The average Bonchev–Trinajstić information content (AvgIpc) is 1.36. The van der Waals surface area contributed by atoms with Crippen LogP contribution < -0.4 is 0 Å². The first-order valence-corrected chi connectivity index (χ1v) is 2.59. The van der Waals surface area contributed by atoms with E-state index in [9.17, 15) is 8.42 Å². The molecule has 62 valence electrons. The molecule has 0 aromatic carbocycles. The van der Waals surface area contributed by atoms with E-state index >= 15 is 0 Å². The van der Waals surface area contributed by atoms with E-state index in [0.29, 0.717) is 0 Å². The van der Waals surface area contributed by atoms with Gasteiger partial charge in [0.25, 0.3) is 0 Å². The Bertz CT molecular complexity index is 96.0. The Morgan fingerprint density at radius 3 is 1.11 bits per heavy atom. The summed E-state index contributed by atoms with van der Waals surface area (Å²) in [4.78, 5) is 0. The third kappa shape index (κ3) is 18.3. The van der Waals surface area contributed by atoms with Crippen molar-refractivity contribution in [3.8, 4) is 0 Å². The molecule has 0 aromatic rings. The second-order valence-corrected chi connectivity index (χ2v) is 2.36. The second-order valence-electron chi connectivity index (χ2n) is 1.09. The molecule has 0 saturated heterocycles. The second kappa shape index (κ2) is 10.6. The predicted octanol–water partition coefficient (Wildman–Crippen LogP) is -0.468. The van der Waals surface area contributed by atoms with Crippen molar-refractivity contribution in [2.75, 3.05) is 14.1 Å². The number of hydrogen-bond donors (Lipinski definition) is 1. The van der Waals surface area contributed by atoms with Crippen LogP contribution in [0.3, 0.4) is 0 Å². The monoisotopic (exact) mass is 169 g/mol. The van der Waals surface area contributed by atoms with Crippen LogP contribution in [0.4, 0.5) is 14.1 Å². The summed E-state index contributed by atoms with van der Waals surface area (Å²) in [5.74, 6) is 0. The van der Waals surface area contributed by atoms with Crippen molar-refractivity contribution in [1.29, 1.82) is 0 Å². The molecule has 0 aromatic heterocycles. The molecule has 0 unspecified atom stereocenters. The van der Waals surface area contributed by atoms with Crippen LogP contribution in [0.15, 0.2) is 0 Å². The van der Waals surface area contributed by atoms with Crippen LogP contribution in [0.1, 0.15) is 0 Å². The molecule has 0 heterocycles. The van der Waals surface area contributed by atoms with E-state index in [-0.39, 0.29) is 14.1 Å². The van der Waals surface area contributed by atoms with E-state index in [4.69, 9.17) is 0 Å². The van der Waals surface area contributed by atoms with E-state index < -0.39 is 10.9 Å². The number of nitrogens with zero attached hydrogens (tertiary/aromatic N) is 1. The molecule has 0 bridgehead atoms. The lowest BCUT2D eigenvalue weighted by atomic mass is 11.3. The van der Waals surface area contributed by atoms with Gasteiger partial charge in [-0.25, -0.2) is 12.7 Å². The van der Waals surface area contributed by atoms with Gasteiger partial charge in [-0.2, -0.15) is 0 Å². The number of rotatable bonds is 1. The summed E-state index contributed by atoms with van der Waals surface area (Å²) in [7, 11) is 0.630. The first-order valence-electron chi connectivity index (χ1n) is 1.46. The Labute approximate surface area is 52.8 Å². The highest BCUT2D eigenvalue weighted by Crippen LogP contribution is 1.64. The molecule has 0 aliphatic rings. The van der Waals surface area contributed by atoms with Crippen LogP contribution in [0.25, 0.3) is 0 Å². The van der Waals surface area contributed by atoms with E-state index in [0.717, 1.165) is 4.31 Å². The van der Waals surface area contributed by atoms with Gasteiger partial charge in [-0.1, -0.05) is 0 Å². The molecule has 0 atom stereocenters. The van der Waals surface area contributed by atoms with Crippen LogP contribution in [-0.4, -0.2) is 26.8 Å². The molecular formula is C2H10F3NO2S. The van der Waals surface area contributed by atoms with Gasteiger partial charge in [0.15, 0.2) is 0 Å². The quantitative estimate of drug-likeness (QED) is 0.539. The maximum Gasteiger partial charge on any atom is 0.203 e. The molecule has 7 heteroatoms. The highest BCUT2D eigenvalue weighted by Gasteiger charge is 1.81. The highest BCUT2D eigenvalue weighted by molar-refractivity contribution is 7.69. The SMILES string of the molecule is CN(C)[SH](=O)=O.F.F.F. The van der Waals surface area contributed by atoms with E-state index in [2.05, 4.69) is 0 Å². The highest BCUT2D eigenvalue weighted by atomic mass is 32.2. The standard InChI is InChI=1S/C2H7NO2S.3FH/c1-3(2)6(4)5;;;/h6H,1-2H3;3*1H. The van der Waals surface area contributed by atoms with E-state index in [1.165, 1.54) is 14.1 Å². The average molecular weight is 169 g/mol. The van der Waals surface area contributed by atoms with Crippen LogP contribution in [0, 0.1) is 0 Å². The van der Waals surface area contributed by atoms with Crippen molar-refractivity contribution in [2.24, 2.45) is 0 Å². The van der Waals surface area contributed by atoms with Crippen molar-refractivity contribution in [3.05, 3.63) is 0 Å². The van der Waals surface area contributed by atoms with Gasteiger partial charge in [-0.15, -0.1) is 0 Å². The summed E-state index contributed by atoms with van der Waals surface area (Å²) in [5, 5.41) is 0. The summed E-state index contributed by atoms with van der Waals surface area (Å²) >= 11 is 0. The fourth-order valence-corrected chi connectivity index (χ4v) is 0. The van der Waals surface area contributed by atoms with Crippen LogP contribution in [-0.2, 0) is 10.9 Å². The van der Waals surface area contributed by atoms with Crippen molar-refractivity contribution in [3.63, 3.8) is 0 Å². The zero-order chi connectivity index (χ0) is 5.15. The maximum absolute atomic E-state index is 9.66. The fourth-order valence-electron chi connectivity index (χ4n) is 0. The van der Waals surface area contributed by atoms with Gasteiger partial charge >= 0.3 is 0 Å². The largest absolute Gasteiger partial charge is 0.269 e. The van der Waals surface area contributed by atoms with Crippen LogP contribution >= 0.6 is 0 Å². The molecule has 0 N–H and O–H groups in total. The Morgan fingerprint density at radius 1 is 1.00 bits per heavy atom. The fraction of sp³-hybridized carbons (Fsp3) is 1.00. The summed E-state index contributed by atoms with van der Waals surface area (Å²) in [5.41, 5.74) is 0.